The van der Waals surface area contributed by atoms with Gasteiger partial charge in [-0.3, -0.25) is 0 Å². The Morgan fingerprint density at radius 3 is 2.08 bits per heavy atom. The first-order valence-corrected chi connectivity index (χ1v) is 8.14. The van der Waals surface area contributed by atoms with Gasteiger partial charge < -0.3 is 14.5 Å². The molecule has 1 fully saturated rings. The highest BCUT2D eigenvalue weighted by Gasteiger charge is 2.26. The fraction of sp³-hybridized carbons (Fsp3) is 0.167. The summed E-state index contributed by atoms with van der Waals surface area (Å²) in [4.78, 5) is 15.9. The molecule has 2 aromatic rings. The van der Waals surface area contributed by atoms with E-state index in [0.29, 0.717) is 23.3 Å². The second-order valence-electron chi connectivity index (χ2n) is 5.38. The van der Waals surface area contributed by atoms with Gasteiger partial charge in [0.25, 0.3) is 0 Å². The Morgan fingerprint density at radius 1 is 1.00 bits per heavy atom. The van der Waals surface area contributed by atoms with Crippen molar-refractivity contribution >= 4 is 40.5 Å². The summed E-state index contributed by atoms with van der Waals surface area (Å²) in [5.41, 5.74) is 2.86. The van der Waals surface area contributed by atoms with E-state index < -0.39 is 0 Å². The minimum absolute atomic E-state index is 0.373. The molecule has 0 unspecified atom stereocenters. The van der Waals surface area contributed by atoms with Gasteiger partial charge in [0.1, 0.15) is 0 Å². The van der Waals surface area contributed by atoms with Crippen LogP contribution in [0.5, 0.6) is 0 Å². The van der Waals surface area contributed by atoms with Gasteiger partial charge in [-0.15, -0.1) is 0 Å². The van der Waals surface area contributed by atoms with Crippen LogP contribution in [0.15, 0.2) is 60.3 Å². The smallest absolute Gasteiger partial charge is 0.332 e. The van der Waals surface area contributed by atoms with Gasteiger partial charge in [-0.2, -0.15) is 0 Å². The SMILES string of the molecule is COC(=O)/C=C1\CN(c2ccc(Cl)cc2)CN1c1ccc(Cl)cc1. The summed E-state index contributed by atoms with van der Waals surface area (Å²) >= 11 is 11.9. The lowest BCUT2D eigenvalue weighted by molar-refractivity contribution is -0.134. The van der Waals surface area contributed by atoms with Crippen LogP contribution in [-0.4, -0.2) is 26.3 Å². The van der Waals surface area contributed by atoms with Crippen molar-refractivity contribution in [3.63, 3.8) is 0 Å². The van der Waals surface area contributed by atoms with Gasteiger partial charge in [0, 0.05) is 33.2 Å². The molecule has 0 saturated carbocycles. The molecule has 0 aromatic heterocycles. The van der Waals surface area contributed by atoms with E-state index in [0.717, 1.165) is 17.1 Å². The highest BCUT2D eigenvalue weighted by Crippen LogP contribution is 2.30. The van der Waals surface area contributed by atoms with E-state index in [2.05, 4.69) is 9.80 Å². The molecule has 6 heteroatoms. The molecule has 24 heavy (non-hydrogen) atoms. The third-order valence-electron chi connectivity index (χ3n) is 3.83. The first-order valence-electron chi connectivity index (χ1n) is 7.39. The number of ether oxygens (including phenoxy) is 1. The molecule has 1 heterocycles. The fourth-order valence-electron chi connectivity index (χ4n) is 2.60. The number of carbonyl (C=O) groups excluding carboxylic acids is 1. The van der Waals surface area contributed by atoms with Gasteiger partial charge in [-0.05, 0) is 48.5 Å². The molecule has 0 atom stereocenters. The zero-order valence-corrected chi connectivity index (χ0v) is 14.6. The van der Waals surface area contributed by atoms with Crippen molar-refractivity contribution in [1.82, 2.24) is 0 Å². The molecule has 1 saturated heterocycles. The Bertz CT molecular complexity index is 758. The van der Waals surface area contributed by atoms with E-state index in [4.69, 9.17) is 27.9 Å². The summed E-state index contributed by atoms with van der Waals surface area (Å²) in [5.74, 6) is -0.373. The molecule has 0 bridgehead atoms. The third-order valence-corrected chi connectivity index (χ3v) is 4.33. The van der Waals surface area contributed by atoms with Crippen molar-refractivity contribution in [2.24, 2.45) is 0 Å². The van der Waals surface area contributed by atoms with E-state index in [1.807, 2.05) is 48.5 Å². The zero-order valence-electron chi connectivity index (χ0n) is 13.1. The van der Waals surface area contributed by atoms with E-state index in [1.54, 1.807) is 0 Å². The van der Waals surface area contributed by atoms with Gasteiger partial charge in [-0.25, -0.2) is 4.79 Å². The Kier molecular flexibility index (Phi) is 4.97. The van der Waals surface area contributed by atoms with Crippen LogP contribution in [0.25, 0.3) is 0 Å². The molecule has 4 nitrogen and oxygen atoms in total. The number of anilines is 2. The van der Waals surface area contributed by atoms with Crippen molar-refractivity contribution < 1.29 is 9.53 Å². The van der Waals surface area contributed by atoms with Crippen LogP contribution in [0.4, 0.5) is 11.4 Å². The predicted molar refractivity (Wildman–Crippen MR) is 97.7 cm³/mol. The van der Waals surface area contributed by atoms with E-state index in [-0.39, 0.29) is 5.97 Å². The van der Waals surface area contributed by atoms with Crippen molar-refractivity contribution in [3.05, 3.63) is 70.3 Å². The molecule has 0 aliphatic carbocycles. The molecule has 0 amide bonds. The van der Waals surface area contributed by atoms with Crippen LogP contribution in [-0.2, 0) is 9.53 Å². The molecular formula is C18H16Cl2N2O2. The number of esters is 1. The van der Waals surface area contributed by atoms with Crippen molar-refractivity contribution in [2.75, 3.05) is 30.1 Å². The lowest BCUT2D eigenvalue weighted by Gasteiger charge is -2.21. The van der Waals surface area contributed by atoms with Gasteiger partial charge in [0.2, 0.25) is 0 Å². The maximum Gasteiger partial charge on any atom is 0.332 e. The summed E-state index contributed by atoms with van der Waals surface area (Å²) < 4.78 is 4.77. The molecule has 124 valence electrons. The second-order valence-corrected chi connectivity index (χ2v) is 6.25. The highest BCUT2D eigenvalue weighted by molar-refractivity contribution is 6.30. The molecule has 2 aromatic carbocycles. The monoisotopic (exact) mass is 362 g/mol. The predicted octanol–water partition coefficient (Wildman–Crippen LogP) is 4.33. The largest absolute Gasteiger partial charge is 0.466 e. The number of carbonyl (C=O) groups is 1. The summed E-state index contributed by atoms with van der Waals surface area (Å²) in [7, 11) is 1.37. The minimum Gasteiger partial charge on any atom is -0.466 e. The van der Waals surface area contributed by atoms with Crippen LogP contribution < -0.4 is 9.80 Å². The van der Waals surface area contributed by atoms with Gasteiger partial charge in [-0.1, -0.05) is 23.2 Å². The Hall–Kier alpha value is -2.17. The second kappa shape index (κ2) is 7.16. The topological polar surface area (TPSA) is 32.8 Å². The molecule has 1 aliphatic rings. The summed E-state index contributed by atoms with van der Waals surface area (Å²) in [6.45, 7) is 1.21. The van der Waals surface area contributed by atoms with Crippen LogP contribution in [0, 0.1) is 0 Å². The number of nitrogens with zero attached hydrogens (tertiary/aromatic N) is 2. The summed E-state index contributed by atoms with van der Waals surface area (Å²) in [5, 5.41) is 1.36. The molecule has 0 radical (unpaired) electrons. The lowest BCUT2D eigenvalue weighted by atomic mass is 10.2. The van der Waals surface area contributed by atoms with Gasteiger partial charge in [0.05, 0.1) is 20.3 Å². The minimum atomic E-state index is -0.373. The Labute approximate surface area is 150 Å². The third kappa shape index (κ3) is 3.66. The normalized spacial score (nSPS) is 15.9. The first kappa shape index (κ1) is 16.7. The number of halogens is 2. The molecular weight excluding hydrogens is 347 g/mol. The number of hydrogen-bond acceptors (Lipinski definition) is 4. The standard InChI is InChI=1S/C18H16Cl2N2O2/c1-24-18(23)10-17-11-21(15-6-2-13(19)3-7-15)12-22(17)16-8-4-14(20)5-9-16/h2-10H,11-12H2,1H3/b17-10+. The van der Waals surface area contributed by atoms with Crippen LogP contribution >= 0.6 is 23.2 Å². The maximum atomic E-state index is 11.7. The zero-order chi connectivity index (χ0) is 17.1. The number of methoxy groups -OCH3 is 1. The van der Waals surface area contributed by atoms with Gasteiger partial charge in [0.15, 0.2) is 0 Å². The molecule has 0 N–H and O–H groups in total. The number of benzene rings is 2. The van der Waals surface area contributed by atoms with E-state index >= 15 is 0 Å². The van der Waals surface area contributed by atoms with E-state index in [9.17, 15) is 4.79 Å². The number of rotatable bonds is 3. The maximum absolute atomic E-state index is 11.7. The first-order chi connectivity index (χ1) is 11.6. The van der Waals surface area contributed by atoms with Crippen molar-refractivity contribution in [3.8, 4) is 0 Å². The average molecular weight is 363 g/mol. The Balaban J connectivity index is 1.92. The molecule has 1 aliphatic heterocycles. The Morgan fingerprint density at radius 2 is 1.54 bits per heavy atom. The number of hydrogen-bond donors (Lipinski definition) is 0. The fourth-order valence-corrected chi connectivity index (χ4v) is 2.86. The summed E-state index contributed by atoms with van der Waals surface area (Å²) in [6.07, 6.45) is 1.52. The van der Waals surface area contributed by atoms with Crippen LogP contribution in [0.2, 0.25) is 10.0 Å². The van der Waals surface area contributed by atoms with Gasteiger partial charge >= 0.3 is 5.97 Å². The van der Waals surface area contributed by atoms with E-state index in [1.165, 1.54) is 13.2 Å². The van der Waals surface area contributed by atoms with Crippen LogP contribution in [0.3, 0.4) is 0 Å². The van der Waals surface area contributed by atoms with Crippen molar-refractivity contribution in [1.29, 1.82) is 0 Å². The van der Waals surface area contributed by atoms with Crippen molar-refractivity contribution in [2.45, 2.75) is 0 Å². The quantitative estimate of drug-likeness (QED) is 0.600. The lowest BCUT2D eigenvalue weighted by Crippen LogP contribution is -2.24. The molecule has 0 spiro atoms. The average Bonchev–Trinajstić information content (AvgIpc) is 3.00. The van der Waals surface area contributed by atoms with Crippen LogP contribution in [0.1, 0.15) is 0 Å². The highest BCUT2D eigenvalue weighted by atomic mass is 35.5. The molecule has 3 rings (SSSR count). The summed E-state index contributed by atoms with van der Waals surface area (Å²) in [6, 6.07) is 15.1.